The second-order valence-electron chi connectivity index (χ2n) is 17.2. The zero-order chi connectivity index (χ0) is 51.0. The molecule has 2 aliphatic rings. The van der Waals surface area contributed by atoms with E-state index < -0.39 is 86.8 Å². The second-order valence-corrected chi connectivity index (χ2v) is 17.2. The number of ether oxygens (including phenoxy) is 4. The summed E-state index contributed by atoms with van der Waals surface area (Å²) in [5, 5.41) is 86.3. The third-order valence-corrected chi connectivity index (χ3v) is 11.3. The number of amides is 1. The monoisotopic (exact) mass is 982 g/mol. The first kappa shape index (κ1) is 62.2. The number of allylic oxidation sites excluding steroid dienone is 21. The van der Waals surface area contributed by atoms with Crippen LogP contribution in [0.25, 0.3) is 0 Å². The minimum absolute atomic E-state index is 0.182. The fraction of sp³-hybridized carbons (Fsp3) is 0.589. The number of hydrogen-bond acceptors (Lipinski definition) is 13. The van der Waals surface area contributed by atoms with Crippen LogP contribution in [0.15, 0.2) is 134 Å². The number of carbonyl (C=O) groups is 1. The quantitative estimate of drug-likeness (QED) is 0.0231. The summed E-state index contributed by atoms with van der Waals surface area (Å²) in [7, 11) is 0. The molecule has 1 amide bonds. The van der Waals surface area contributed by atoms with E-state index in [0.29, 0.717) is 19.3 Å². The molecule has 2 heterocycles. The van der Waals surface area contributed by atoms with E-state index in [-0.39, 0.29) is 18.9 Å². The highest BCUT2D eigenvalue weighted by Crippen LogP contribution is 2.30. The van der Waals surface area contributed by atoms with Gasteiger partial charge in [-0.1, -0.05) is 154 Å². The van der Waals surface area contributed by atoms with E-state index in [1.165, 1.54) is 0 Å². The summed E-state index contributed by atoms with van der Waals surface area (Å²) in [5.41, 5.74) is 0. The Morgan fingerprint density at radius 2 is 0.971 bits per heavy atom. The van der Waals surface area contributed by atoms with Gasteiger partial charge in [-0.25, -0.2) is 0 Å². The lowest BCUT2D eigenvalue weighted by molar-refractivity contribution is -0.359. The van der Waals surface area contributed by atoms with Crippen molar-refractivity contribution >= 4 is 5.91 Å². The van der Waals surface area contributed by atoms with Gasteiger partial charge in [-0.3, -0.25) is 4.79 Å². The molecule has 9 N–H and O–H groups in total. The van der Waals surface area contributed by atoms with Gasteiger partial charge in [-0.15, -0.1) is 0 Å². The molecular weight excluding hydrogens is 895 g/mol. The SMILES string of the molecule is CC/C=C\C/C=C\C/C=C\C/C=C\C/C=C\C/C=C\C/C=C\C/C=C\C/C=C\CCCC(=O)NC(COC1OC(CO)C(OC2OC(CO)C(O)C(O)C2O)C(O)C1O)C(O)/C=C/CC/C=C/CCC. The zero-order valence-electron chi connectivity index (χ0n) is 41.7. The fourth-order valence-corrected chi connectivity index (χ4v) is 7.19. The molecule has 0 aliphatic carbocycles. The van der Waals surface area contributed by atoms with Gasteiger partial charge in [0.15, 0.2) is 12.6 Å². The minimum atomic E-state index is -1.80. The van der Waals surface area contributed by atoms with Gasteiger partial charge in [0.25, 0.3) is 0 Å². The highest BCUT2D eigenvalue weighted by atomic mass is 16.7. The predicted molar refractivity (Wildman–Crippen MR) is 276 cm³/mol. The number of carbonyl (C=O) groups excluding carboxylic acids is 1. The Morgan fingerprint density at radius 1 is 0.529 bits per heavy atom. The summed E-state index contributed by atoms with van der Waals surface area (Å²) in [6.45, 7) is 2.45. The van der Waals surface area contributed by atoms with Gasteiger partial charge in [0.2, 0.25) is 5.91 Å². The molecule has 12 unspecified atom stereocenters. The molecule has 0 bridgehead atoms. The van der Waals surface area contributed by atoms with Crippen LogP contribution in [0.2, 0.25) is 0 Å². The Balaban J connectivity index is 1.75. The number of aliphatic hydroxyl groups is 8. The molecule has 0 radical (unpaired) electrons. The van der Waals surface area contributed by atoms with E-state index in [1.54, 1.807) is 6.08 Å². The highest BCUT2D eigenvalue weighted by Gasteiger charge is 2.51. The highest BCUT2D eigenvalue weighted by molar-refractivity contribution is 5.76. The van der Waals surface area contributed by atoms with Crippen molar-refractivity contribution in [2.75, 3.05) is 19.8 Å². The van der Waals surface area contributed by atoms with E-state index in [1.807, 2.05) is 12.2 Å². The Labute approximate surface area is 418 Å². The number of nitrogens with one attached hydrogen (secondary N) is 1. The molecule has 394 valence electrons. The molecule has 70 heavy (non-hydrogen) atoms. The van der Waals surface area contributed by atoms with Crippen LogP contribution in [0.4, 0.5) is 0 Å². The van der Waals surface area contributed by atoms with E-state index in [9.17, 15) is 45.6 Å². The molecule has 2 rings (SSSR count). The number of aliphatic hydroxyl groups excluding tert-OH is 8. The van der Waals surface area contributed by atoms with E-state index >= 15 is 0 Å². The van der Waals surface area contributed by atoms with Crippen molar-refractivity contribution in [1.82, 2.24) is 5.32 Å². The van der Waals surface area contributed by atoms with Crippen LogP contribution < -0.4 is 5.32 Å². The van der Waals surface area contributed by atoms with E-state index in [4.69, 9.17) is 18.9 Å². The molecule has 0 aromatic rings. The Morgan fingerprint density at radius 3 is 1.47 bits per heavy atom. The molecule has 14 heteroatoms. The number of hydrogen-bond donors (Lipinski definition) is 9. The first-order valence-electron chi connectivity index (χ1n) is 25.4. The Hall–Kier alpha value is -3.87. The first-order chi connectivity index (χ1) is 34.1. The van der Waals surface area contributed by atoms with Crippen LogP contribution in [0.5, 0.6) is 0 Å². The van der Waals surface area contributed by atoms with Crippen LogP contribution in [0.1, 0.15) is 117 Å². The van der Waals surface area contributed by atoms with E-state index in [0.717, 1.165) is 77.0 Å². The van der Waals surface area contributed by atoms with Crippen molar-refractivity contribution in [1.29, 1.82) is 0 Å². The predicted octanol–water partition coefficient (Wildman–Crippen LogP) is 6.87. The molecule has 0 spiro atoms. The van der Waals surface area contributed by atoms with Crippen LogP contribution in [0.3, 0.4) is 0 Å². The molecular formula is C56H87NO13. The summed E-state index contributed by atoms with van der Waals surface area (Å²) < 4.78 is 22.5. The molecule has 2 fully saturated rings. The maximum Gasteiger partial charge on any atom is 0.220 e. The average molecular weight is 982 g/mol. The molecule has 2 saturated heterocycles. The van der Waals surface area contributed by atoms with Crippen LogP contribution >= 0.6 is 0 Å². The van der Waals surface area contributed by atoms with Gasteiger partial charge in [0, 0.05) is 6.42 Å². The van der Waals surface area contributed by atoms with Crippen LogP contribution in [0, 0.1) is 0 Å². The van der Waals surface area contributed by atoms with Crippen LogP contribution in [-0.4, -0.2) is 140 Å². The summed E-state index contributed by atoms with van der Waals surface area (Å²) in [4.78, 5) is 13.1. The van der Waals surface area contributed by atoms with Gasteiger partial charge in [-0.2, -0.15) is 0 Å². The first-order valence-corrected chi connectivity index (χ1v) is 25.4. The topological polar surface area (TPSA) is 228 Å². The smallest absolute Gasteiger partial charge is 0.220 e. The summed E-state index contributed by atoms with van der Waals surface area (Å²) >= 11 is 0. The second kappa shape index (κ2) is 40.7. The number of unbranched alkanes of at least 4 members (excludes halogenated alkanes) is 3. The van der Waals surface area contributed by atoms with Crippen molar-refractivity contribution in [2.45, 2.75) is 190 Å². The average Bonchev–Trinajstić information content (AvgIpc) is 3.36. The summed E-state index contributed by atoms with van der Waals surface area (Å²) in [5.74, 6) is -0.320. The largest absolute Gasteiger partial charge is 0.394 e. The summed E-state index contributed by atoms with van der Waals surface area (Å²) in [6.07, 6.45) is 42.6. The van der Waals surface area contributed by atoms with Gasteiger partial charge < -0.3 is 65.1 Å². The van der Waals surface area contributed by atoms with Crippen molar-refractivity contribution in [2.24, 2.45) is 0 Å². The van der Waals surface area contributed by atoms with Crippen molar-refractivity contribution < 1.29 is 64.6 Å². The van der Waals surface area contributed by atoms with Gasteiger partial charge >= 0.3 is 0 Å². The number of rotatable bonds is 36. The maximum atomic E-state index is 13.1. The molecule has 0 aromatic heterocycles. The Bertz CT molecular complexity index is 1680. The van der Waals surface area contributed by atoms with Gasteiger partial charge in [0.1, 0.15) is 48.8 Å². The maximum absolute atomic E-state index is 13.1. The Kier molecular flexibility index (Phi) is 36.2. The van der Waals surface area contributed by atoms with Crippen molar-refractivity contribution in [3.8, 4) is 0 Å². The molecule has 0 saturated carbocycles. The van der Waals surface area contributed by atoms with Gasteiger partial charge in [0.05, 0.1) is 32.0 Å². The fourth-order valence-electron chi connectivity index (χ4n) is 7.19. The van der Waals surface area contributed by atoms with Crippen molar-refractivity contribution in [3.63, 3.8) is 0 Å². The zero-order valence-corrected chi connectivity index (χ0v) is 41.7. The normalized spacial score (nSPS) is 27.1. The summed E-state index contributed by atoms with van der Waals surface area (Å²) in [6, 6.07) is -0.969. The standard InChI is InChI=1S/C56H87NO13/c1-3-5-7-9-11-12-13-14-15-16-17-18-19-20-21-22-23-24-25-26-27-28-29-30-31-32-34-36-38-40-48(61)57-44(45(60)39-37-35-33-10-8-6-4-2)43-67-55-53(66)51(64)54(47(42-59)69-55)70-56-52(65)50(63)49(62)46(41-58)68-56/h5,7-8,10-12,14-15,17-18,20-21,23-24,26-27,29-30,32,34,37,39,44-47,49-56,58-60,62-66H,3-4,6,9,13,16,19,22,25,28,31,33,35-36,38,40-43H2,1-2H3,(H,57,61)/b7-5-,10-8+,12-11-,15-14-,18-17-,21-20-,24-23-,27-26-,30-29-,34-32-,39-37+. The van der Waals surface area contributed by atoms with Gasteiger partial charge in [-0.05, 0) is 89.9 Å². The molecule has 2 aliphatic heterocycles. The lowest BCUT2D eigenvalue weighted by Gasteiger charge is -2.46. The molecule has 0 aromatic carbocycles. The lowest BCUT2D eigenvalue weighted by Crippen LogP contribution is -2.65. The third-order valence-electron chi connectivity index (χ3n) is 11.3. The molecule has 14 nitrogen and oxygen atoms in total. The minimum Gasteiger partial charge on any atom is -0.394 e. The van der Waals surface area contributed by atoms with E-state index in [2.05, 4.69) is 135 Å². The van der Waals surface area contributed by atoms with Crippen LogP contribution in [-0.2, 0) is 23.7 Å². The lowest BCUT2D eigenvalue weighted by atomic mass is 9.97. The molecule has 12 atom stereocenters. The third kappa shape index (κ3) is 27.1. The van der Waals surface area contributed by atoms with Crippen molar-refractivity contribution in [3.05, 3.63) is 134 Å².